The molecule has 1 aromatic carbocycles. The van der Waals surface area contributed by atoms with Crippen LogP contribution in [0.2, 0.25) is 10.0 Å². The van der Waals surface area contributed by atoms with E-state index in [1.54, 1.807) is 6.92 Å². The van der Waals surface area contributed by atoms with E-state index in [9.17, 15) is 5.11 Å². The molecule has 1 aromatic rings. The molecule has 0 aliphatic heterocycles. The summed E-state index contributed by atoms with van der Waals surface area (Å²) < 4.78 is 0. The van der Waals surface area contributed by atoms with Crippen LogP contribution in [0.1, 0.15) is 5.56 Å². The summed E-state index contributed by atoms with van der Waals surface area (Å²) in [5.41, 5.74) is 6.35. The summed E-state index contributed by atoms with van der Waals surface area (Å²) in [7, 11) is 0. The second-order valence-corrected chi connectivity index (χ2v) is 3.04. The van der Waals surface area contributed by atoms with Gasteiger partial charge in [-0.3, -0.25) is 0 Å². The van der Waals surface area contributed by atoms with E-state index in [0.29, 0.717) is 10.6 Å². The Hall–Kier alpha value is -0.600. The Morgan fingerprint density at radius 2 is 1.91 bits per heavy atom. The van der Waals surface area contributed by atoms with E-state index < -0.39 is 0 Å². The fraction of sp³-hybridized carbons (Fsp3) is 0.143. The lowest BCUT2D eigenvalue weighted by molar-refractivity contribution is 0.478. The van der Waals surface area contributed by atoms with Gasteiger partial charge in [-0.15, -0.1) is 0 Å². The Labute approximate surface area is 74.5 Å². The minimum Gasteiger partial charge on any atom is -0.504 e. The van der Waals surface area contributed by atoms with Crippen molar-refractivity contribution in [1.82, 2.24) is 0 Å². The number of phenolic OH excluding ortho intramolecular Hbond substituents is 1. The fourth-order valence-corrected chi connectivity index (χ4v) is 1.20. The molecule has 0 spiro atoms. The summed E-state index contributed by atoms with van der Waals surface area (Å²) >= 11 is 11.3. The standard InChI is InChI=1S/C7H7Cl2NO/c1-3-4(8)2-5(9)7(11)6(3)10/h2,11H,10H2,1H3. The van der Waals surface area contributed by atoms with Crippen LogP contribution in [0.15, 0.2) is 6.07 Å². The summed E-state index contributed by atoms with van der Waals surface area (Å²) in [5.74, 6) is -0.103. The van der Waals surface area contributed by atoms with Gasteiger partial charge in [0.1, 0.15) is 0 Å². The average molecular weight is 192 g/mol. The number of rotatable bonds is 0. The maximum Gasteiger partial charge on any atom is 0.157 e. The van der Waals surface area contributed by atoms with E-state index in [-0.39, 0.29) is 16.5 Å². The zero-order valence-electron chi connectivity index (χ0n) is 5.86. The lowest BCUT2D eigenvalue weighted by Gasteiger charge is -2.06. The number of halogens is 2. The maximum atomic E-state index is 9.20. The Bertz CT molecular complexity index is 273. The number of hydrogen-bond acceptors (Lipinski definition) is 2. The second-order valence-electron chi connectivity index (χ2n) is 2.23. The highest BCUT2D eigenvalue weighted by atomic mass is 35.5. The third-order valence-electron chi connectivity index (χ3n) is 1.50. The molecular formula is C7H7Cl2NO. The first-order valence-corrected chi connectivity index (χ1v) is 3.72. The van der Waals surface area contributed by atoms with E-state index in [1.165, 1.54) is 6.07 Å². The van der Waals surface area contributed by atoms with Crippen molar-refractivity contribution in [3.8, 4) is 5.75 Å². The Morgan fingerprint density at radius 3 is 2.45 bits per heavy atom. The molecule has 0 amide bonds. The molecule has 60 valence electrons. The third-order valence-corrected chi connectivity index (χ3v) is 2.18. The fourth-order valence-electron chi connectivity index (χ4n) is 0.723. The van der Waals surface area contributed by atoms with Gasteiger partial charge < -0.3 is 10.8 Å². The smallest absolute Gasteiger partial charge is 0.157 e. The Balaban J connectivity index is 3.46. The molecule has 0 aliphatic rings. The average Bonchev–Trinajstić information content (AvgIpc) is 1.97. The van der Waals surface area contributed by atoms with E-state index in [4.69, 9.17) is 28.9 Å². The molecule has 1 rings (SSSR count). The van der Waals surface area contributed by atoms with Crippen LogP contribution in [-0.2, 0) is 0 Å². The largest absolute Gasteiger partial charge is 0.504 e. The van der Waals surface area contributed by atoms with Crippen molar-refractivity contribution < 1.29 is 5.11 Å². The minimum atomic E-state index is -0.103. The first-order chi connectivity index (χ1) is 5.04. The van der Waals surface area contributed by atoms with Crippen LogP contribution < -0.4 is 5.73 Å². The van der Waals surface area contributed by atoms with Crippen molar-refractivity contribution in [2.45, 2.75) is 6.92 Å². The van der Waals surface area contributed by atoms with Crippen LogP contribution in [0.4, 0.5) is 5.69 Å². The van der Waals surface area contributed by atoms with Crippen molar-refractivity contribution in [3.05, 3.63) is 21.7 Å². The zero-order chi connectivity index (χ0) is 8.59. The topological polar surface area (TPSA) is 46.2 Å². The van der Waals surface area contributed by atoms with Crippen LogP contribution in [0.3, 0.4) is 0 Å². The predicted octanol–water partition coefficient (Wildman–Crippen LogP) is 2.59. The molecule has 0 aliphatic carbocycles. The highest BCUT2D eigenvalue weighted by Gasteiger charge is 2.08. The maximum absolute atomic E-state index is 9.20. The SMILES string of the molecule is Cc1c(Cl)cc(Cl)c(O)c1N. The molecule has 0 heterocycles. The van der Waals surface area contributed by atoms with Crippen molar-refractivity contribution in [1.29, 1.82) is 0 Å². The van der Waals surface area contributed by atoms with Gasteiger partial charge in [-0.05, 0) is 18.6 Å². The van der Waals surface area contributed by atoms with Gasteiger partial charge in [0.2, 0.25) is 0 Å². The minimum absolute atomic E-state index is 0.103. The van der Waals surface area contributed by atoms with Crippen LogP contribution in [0.5, 0.6) is 5.75 Å². The molecule has 2 nitrogen and oxygen atoms in total. The number of nitrogens with two attached hydrogens (primary N) is 1. The van der Waals surface area contributed by atoms with Crippen molar-refractivity contribution in [3.63, 3.8) is 0 Å². The highest BCUT2D eigenvalue weighted by molar-refractivity contribution is 6.36. The van der Waals surface area contributed by atoms with Gasteiger partial charge >= 0.3 is 0 Å². The number of nitrogen functional groups attached to an aromatic ring is 1. The van der Waals surface area contributed by atoms with Crippen LogP contribution in [-0.4, -0.2) is 5.11 Å². The molecule has 4 heteroatoms. The van der Waals surface area contributed by atoms with E-state index in [0.717, 1.165) is 0 Å². The third kappa shape index (κ3) is 1.37. The summed E-state index contributed by atoms with van der Waals surface area (Å²) in [5, 5.41) is 9.84. The molecular weight excluding hydrogens is 185 g/mol. The first-order valence-electron chi connectivity index (χ1n) is 2.97. The van der Waals surface area contributed by atoms with Gasteiger partial charge in [0, 0.05) is 5.02 Å². The van der Waals surface area contributed by atoms with Crippen molar-refractivity contribution in [2.24, 2.45) is 0 Å². The zero-order valence-corrected chi connectivity index (χ0v) is 7.37. The normalized spacial score (nSPS) is 10.1. The number of phenols is 1. The van der Waals surface area contributed by atoms with E-state index in [2.05, 4.69) is 0 Å². The molecule has 0 radical (unpaired) electrons. The number of hydrogen-bond donors (Lipinski definition) is 2. The summed E-state index contributed by atoms with van der Waals surface area (Å²) in [6.07, 6.45) is 0. The van der Waals surface area contributed by atoms with Crippen LogP contribution in [0.25, 0.3) is 0 Å². The Kier molecular flexibility index (Phi) is 2.16. The molecule has 0 saturated carbocycles. The summed E-state index contributed by atoms with van der Waals surface area (Å²) in [4.78, 5) is 0. The molecule has 11 heavy (non-hydrogen) atoms. The second kappa shape index (κ2) is 2.80. The number of aromatic hydroxyl groups is 1. The molecule has 0 saturated heterocycles. The number of anilines is 1. The number of benzene rings is 1. The van der Waals surface area contributed by atoms with E-state index in [1.807, 2.05) is 0 Å². The molecule has 0 aromatic heterocycles. The predicted molar refractivity (Wildman–Crippen MR) is 47.3 cm³/mol. The molecule has 0 atom stereocenters. The quantitative estimate of drug-likeness (QED) is 0.490. The van der Waals surface area contributed by atoms with Gasteiger partial charge in [-0.2, -0.15) is 0 Å². The highest BCUT2D eigenvalue weighted by Crippen LogP contribution is 2.36. The van der Waals surface area contributed by atoms with Crippen molar-refractivity contribution in [2.75, 3.05) is 5.73 Å². The lowest BCUT2D eigenvalue weighted by atomic mass is 10.2. The van der Waals surface area contributed by atoms with Crippen molar-refractivity contribution >= 4 is 28.9 Å². The lowest BCUT2D eigenvalue weighted by Crippen LogP contribution is -1.91. The molecule has 0 fully saturated rings. The van der Waals surface area contributed by atoms with Gasteiger partial charge in [0.25, 0.3) is 0 Å². The monoisotopic (exact) mass is 191 g/mol. The molecule has 0 unspecified atom stereocenters. The summed E-state index contributed by atoms with van der Waals surface area (Å²) in [6.45, 7) is 1.72. The summed E-state index contributed by atoms with van der Waals surface area (Å²) in [6, 6.07) is 1.46. The first kappa shape index (κ1) is 8.50. The Morgan fingerprint density at radius 1 is 1.36 bits per heavy atom. The van der Waals surface area contributed by atoms with Gasteiger partial charge in [-0.25, -0.2) is 0 Å². The van der Waals surface area contributed by atoms with Gasteiger partial charge in [0.15, 0.2) is 5.75 Å². The van der Waals surface area contributed by atoms with Crippen LogP contribution >= 0.6 is 23.2 Å². The molecule has 3 N–H and O–H groups in total. The van der Waals surface area contributed by atoms with Gasteiger partial charge in [0.05, 0.1) is 10.7 Å². The van der Waals surface area contributed by atoms with Gasteiger partial charge in [-0.1, -0.05) is 23.2 Å². The van der Waals surface area contributed by atoms with E-state index >= 15 is 0 Å². The molecule has 0 bridgehead atoms. The van der Waals surface area contributed by atoms with Crippen LogP contribution in [0, 0.1) is 6.92 Å².